The Kier molecular flexibility index (Phi) is 3.10. The second-order valence-corrected chi connectivity index (χ2v) is 8.85. The Labute approximate surface area is 76.6 Å². The standard InChI is InChI=1S/C11H18Si/c1-4-10-12(2,3)11-8-6-5-7-9-11/h5-9H,4,10H2,1-3H3. The van der Waals surface area contributed by atoms with Crippen LogP contribution in [0, 0.1) is 0 Å². The van der Waals surface area contributed by atoms with E-state index < -0.39 is 8.07 Å². The summed E-state index contributed by atoms with van der Waals surface area (Å²) in [4.78, 5) is 0. The molecular formula is C11H18Si. The van der Waals surface area contributed by atoms with Crippen molar-refractivity contribution in [3.05, 3.63) is 30.3 Å². The van der Waals surface area contributed by atoms with Crippen LogP contribution in [-0.4, -0.2) is 8.07 Å². The lowest BCUT2D eigenvalue weighted by molar-refractivity contribution is 1.05. The third kappa shape index (κ3) is 2.21. The van der Waals surface area contributed by atoms with Crippen molar-refractivity contribution in [2.75, 3.05) is 0 Å². The van der Waals surface area contributed by atoms with Gasteiger partial charge in [-0.3, -0.25) is 0 Å². The normalized spacial score (nSPS) is 11.6. The van der Waals surface area contributed by atoms with Crippen LogP contribution in [0.25, 0.3) is 0 Å². The third-order valence-corrected chi connectivity index (χ3v) is 6.08. The minimum Gasteiger partial charge on any atom is -0.0656 e. The van der Waals surface area contributed by atoms with Gasteiger partial charge >= 0.3 is 0 Å². The summed E-state index contributed by atoms with van der Waals surface area (Å²) < 4.78 is 0. The number of hydrogen-bond donors (Lipinski definition) is 0. The maximum absolute atomic E-state index is 2.45. The van der Waals surface area contributed by atoms with Gasteiger partial charge in [0.25, 0.3) is 0 Å². The molecule has 0 saturated carbocycles. The predicted molar refractivity (Wildman–Crippen MR) is 58.7 cm³/mol. The SMILES string of the molecule is CCC[Si](C)(C)c1ccccc1. The van der Waals surface area contributed by atoms with E-state index in [4.69, 9.17) is 0 Å². The fraction of sp³-hybridized carbons (Fsp3) is 0.455. The van der Waals surface area contributed by atoms with Crippen molar-refractivity contribution < 1.29 is 0 Å². The predicted octanol–water partition coefficient (Wildman–Crippen LogP) is 3.01. The van der Waals surface area contributed by atoms with E-state index in [1.165, 1.54) is 12.5 Å². The van der Waals surface area contributed by atoms with Crippen LogP contribution in [-0.2, 0) is 0 Å². The molecule has 0 unspecified atom stereocenters. The van der Waals surface area contributed by atoms with E-state index >= 15 is 0 Å². The van der Waals surface area contributed by atoms with E-state index in [9.17, 15) is 0 Å². The molecular weight excluding hydrogens is 160 g/mol. The van der Waals surface area contributed by atoms with E-state index in [0.717, 1.165) is 0 Å². The summed E-state index contributed by atoms with van der Waals surface area (Å²) in [5.74, 6) is 0. The van der Waals surface area contributed by atoms with Gasteiger partial charge in [-0.1, -0.05) is 68.0 Å². The Balaban J connectivity index is 2.82. The average molecular weight is 178 g/mol. The summed E-state index contributed by atoms with van der Waals surface area (Å²) in [5, 5.41) is 1.59. The van der Waals surface area contributed by atoms with E-state index in [-0.39, 0.29) is 0 Å². The van der Waals surface area contributed by atoms with Crippen molar-refractivity contribution in [3.63, 3.8) is 0 Å². The Morgan fingerprint density at radius 2 is 1.67 bits per heavy atom. The van der Waals surface area contributed by atoms with Gasteiger partial charge in [-0.2, -0.15) is 0 Å². The molecule has 1 rings (SSSR count). The Bertz CT molecular complexity index is 226. The minimum atomic E-state index is -1.08. The van der Waals surface area contributed by atoms with Gasteiger partial charge < -0.3 is 0 Å². The molecule has 0 atom stereocenters. The topological polar surface area (TPSA) is 0 Å². The van der Waals surface area contributed by atoms with Crippen molar-refractivity contribution in [2.24, 2.45) is 0 Å². The molecule has 66 valence electrons. The molecule has 0 aromatic heterocycles. The van der Waals surface area contributed by atoms with Crippen LogP contribution in [0.4, 0.5) is 0 Å². The zero-order chi connectivity index (χ0) is 9.03. The van der Waals surface area contributed by atoms with Crippen LogP contribution < -0.4 is 5.19 Å². The van der Waals surface area contributed by atoms with Crippen LogP contribution in [0.1, 0.15) is 13.3 Å². The van der Waals surface area contributed by atoms with Gasteiger partial charge in [-0.15, -0.1) is 0 Å². The second-order valence-electron chi connectivity index (χ2n) is 4.00. The van der Waals surface area contributed by atoms with Gasteiger partial charge in [0.1, 0.15) is 0 Å². The van der Waals surface area contributed by atoms with Gasteiger partial charge in [0, 0.05) is 0 Å². The van der Waals surface area contributed by atoms with E-state index in [1.807, 2.05) is 0 Å². The van der Waals surface area contributed by atoms with Gasteiger partial charge in [0.15, 0.2) is 0 Å². The number of rotatable bonds is 3. The Morgan fingerprint density at radius 3 is 2.17 bits per heavy atom. The molecule has 12 heavy (non-hydrogen) atoms. The minimum absolute atomic E-state index is 1.08. The summed E-state index contributed by atoms with van der Waals surface area (Å²) in [7, 11) is -1.08. The molecule has 1 aromatic carbocycles. The van der Waals surface area contributed by atoms with Crippen molar-refractivity contribution >= 4 is 13.3 Å². The van der Waals surface area contributed by atoms with Crippen LogP contribution in [0.15, 0.2) is 30.3 Å². The van der Waals surface area contributed by atoms with Gasteiger partial charge in [-0.05, 0) is 0 Å². The summed E-state index contributed by atoms with van der Waals surface area (Å²) in [6.07, 6.45) is 1.31. The molecule has 0 amide bonds. The van der Waals surface area contributed by atoms with Gasteiger partial charge in [-0.25, -0.2) is 0 Å². The molecule has 1 heteroatoms. The second kappa shape index (κ2) is 3.90. The zero-order valence-corrected chi connectivity index (χ0v) is 9.30. The smallest absolute Gasteiger partial charge is 0.0656 e. The summed E-state index contributed by atoms with van der Waals surface area (Å²) in [5.41, 5.74) is 0. The first-order valence-electron chi connectivity index (χ1n) is 4.72. The van der Waals surface area contributed by atoms with Crippen LogP contribution >= 0.6 is 0 Å². The van der Waals surface area contributed by atoms with Crippen molar-refractivity contribution in [1.82, 2.24) is 0 Å². The largest absolute Gasteiger partial charge is 0.0806 e. The maximum atomic E-state index is 2.45. The number of hydrogen-bond acceptors (Lipinski definition) is 0. The van der Waals surface area contributed by atoms with Gasteiger partial charge in [0.2, 0.25) is 0 Å². The van der Waals surface area contributed by atoms with Crippen molar-refractivity contribution in [2.45, 2.75) is 32.5 Å². The fourth-order valence-electron chi connectivity index (χ4n) is 1.66. The molecule has 0 N–H and O–H groups in total. The first-order chi connectivity index (χ1) is 5.67. The molecule has 0 nitrogen and oxygen atoms in total. The van der Waals surface area contributed by atoms with E-state index in [1.54, 1.807) is 5.19 Å². The molecule has 0 aliphatic heterocycles. The highest BCUT2D eigenvalue weighted by Gasteiger charge is 2.20. The zero-order valence-electron chi connectivity index (χ0n) is 8.30. The molecule has 0 fully saturated rings. The highest BCUT2D eigenvalue weighted by atomic mass is 28.3. The molecule has 0 spiro atoms. The fourth-order valence-corrected chi connectivity index (χ4v) is 4.29. The molecule has 0 saturated heterocycles. The first-order valence-corrected chi connectivity index (χ1v) is 7.93. The highest BCUT2D eigenvalue weighted by Crippen LogP contribution is 2.11. The average Bonchev–Trinajstić information content (AvgIpc) is 2.06. The molecule has 0 aliphatic rings. The number of benzene rings is 1. The Morgan fingerprint density at radius 1 is 1.08 bits per heavy atom. The summed E-state index contributed by atoms with van der Waals surface area (Å²) >= 11 is 0. The summed E-state index contributed by atoms with van der Waals surface area (Å²) in [6.45, 7) is 7.18. The van der Waals surface area contributed by atoms with Crippen LogP contribution in [0.2, 0.25) is 19.1 Å². The lowest BCUT2D eigenvalue weighted by atomic mass is 10.4. The van der Waals surface area contributed by atoms with E-state index in [2.05, 4.69) is 50.3 Å². The van der Waals surface area contributed by atoms with E-state index in [0.29, 0.717) is 0 Å². The molecule has 0 aliphatic carbocycles. The van der Waals surface area contributed by atoms with Crippen LogP contribution in [0.3, 0.4) is 0 Å². The first kappa shape index (κ1) is 9.52. The van der Waals surface area contributed by atoms with Crippen molar-refractivity contribution in [3.8, 4) is 0 Å². The third-order valence-electron chi connectivity index (χ3n) is 2.43. The lowest BCUT2D eigenvalue weighted by Gasteiger charge is -2.21. The molecule has 0 bridgehead atoms. The van der Waals surface area contributed by atoms with Crippen LogP contribution in [0.5, 0.6) is 0 Å². The molecule has 0 radical (unpaired) electrons. The lowest BCUT2D eigenvalue weighted by Crippen LogP contribution is -2.40. The Hall–Kier alpha value is -0.563. The van der Waals surface area contributed by atoms with Gasteiger partial charge in [0.05, 0.1) is 8.07 Å². The summed E-state index contributed by atoms with van der Waals surface area (Å²) in [6, 6.07) is 12.4. The highest BCUT2D eigenvalue weighted by molar-refractivity contribution is 6.89. The monoisotopic (exact) mass is 178 g/mol. The van der Waals surface area contributed by atoms with Crippen molar-refractivity contribution in [1.29, 1.82) is 0 Å². The molecule has 1 aromatic rings. The maximum Gasteiger partial charge on any atom is 0.0806 e. The quantitative estimate of drug-likeness (QED) is 0.624. The molecule has 0 heterocycles.